The molecule has 2 aromatic rings. The van der Waals surface area contributed by atoms with E-state index in [1.165, 1.54) is 17.7 Å². The van der Waals surface area contributed by atoms with Crippen LogP contribution >= 0.6 is 0 Å². The third kappa shape index (κ3) is 2.46. The number of rotatable bonds is 2. The zero-order valence-electron chi connectivity index (χ0n) is 13.0. The number of halogens is 2. The van der Waals surface area contributed by atoms with Crippen molar-refractivity contribution in [1.29, 1.82) is 0 Å². The van der Waals surface area contributed by atoms with Crippen molar-refractivity contribution in [2.75, 3.05) is 0 Å². The van der Waals surface area contributed by atoms with Gasteiger partial charge in [-0.25, -0.2) is 8.78 Å². The highest BCUT2D eigenvalue weighted by Gasteiger charge is 2.23. The molecule has 0 aliphatic rings. The molecule has 2 rings (SSSR count). The molecule has 1 nitrogen and oxygen atoms in total. The molecule has 0 fully saturated rings. The van der Waals surface area contributed by atoms with Gasteiger partial charge in [0.2, 0.25) is 0 Å². The molecule has 0 aromatic heterocycles. The number of hydrogen-bond acceptors (Lipinski definition) is 1. The third-order valence-corrected chi connectivity index (χ3v) is 4.61. The van der Waals surface area contributed by atoms with Crippen molar-refractivity contribution in [3.05, 3.63) is 68.8 Å². The lowest BCUT2D eigenvalue weighted by atomic mass is 9.85. The summed E-state index contributed by atoms with van der Waals surface area (Å²) in [5.41, 5.74) is 5.80. The van der Waals surface area contributed by atoms with Gasteiger partial charge in [-0.05, 0) is 74.1 Å². The average molecular weight is 290 g/mol. The Morgan fingerprint density at radius 1 is 0.810 bits per heavy atom. The fourth-order valence-electron chi connectivity index (χ4n) is 2.83. The highest BCUT2D eigenvalue weighted by molar-refractivity contribution is 5.52. The second-order valence-corrected chi connectivity index (χ2v) is 5.58. The lowest BCUT2D eigenvalue weighted by Gasteiger charge is -2.23. The Kier molecular flexibility index (Phi) is 4.15. The molecule has 3 heteroatoms. The summed E-state index contributed by atoms with van der Waals surface area (Å²) in [6.07, 6.45) is -1.17. The molecule has 0 amide bonds. The summed E-state index contributed by atoms with van der Waals surface area (Å²) in [5, 5.41) is 10.6. The van der Waals surface area contributed by atoms with Crippen LogP contribution in [0.25, 0.3) is 0 Å². The van der Waals surface area contributed by atoms with E-state index in [1.54, 1.807) is 0 Å². The van der Waals surface area contributed by atoms with E-state index < -0.39 is 17.7 Å². The van der Waals surface area contributed by atoms with Crippen LogP contribution in [0.5, 0.6) is 0 Å². The van der Waals surface area contributed by atoms with E-state index in [4.69, 9.17) is 0 Å². The Morgan fingerprint density at radius 2 is 1.29 bits per heavy atom. The van der Waals surface area contributed by atoms with Gasteiger partial charge in [0.05, 0.1) is 0 Å². The van der Waals surface area contributed by atoms with E-state index >= 15 is 0 Å². The minimum Gasteiger partial charge on any atom is -0.384 e. The van der Waals surface area contributed by atoms with Crippen LogP contribution in [0.4, 0.5) is 8.78 Å². The zero-order valence-corrected chi connectivity index (χ0v) is 13.0. The maximum atomic E-state index is 13.9. The summed E-state index contributed by atoms with van der Waals surface area (Å²) in [5.74, 6) is -1.93. The lowest BCUT2D eigenvalue weighted by Crippen LogP contribution is -2.11. The van der Waals surface area contributed by atoms with Crippen molar-refractivity contribution < 1.29 is 13.9 Å². The summed E-state index contributed by atoms with van der Waals surface area (Å²) in [4.78, 5) is 0. The van der Waals surface area contributed by atoms with Crippen LogP contribution < -0.4 is 0 Å². The highest BCUT2D eigenvalue weighted by atomic mass is 19.2. The number of aliphatic hydroxyl groups is 1. The van der Waals surface area contributed by atoms with Crippen LogP contribution in [0.3, 0.4) is 0 Å². The smallest absolute Gasteiger partial charge is 0.164 e. The maximum absolute atomic E-state index is 13.9. The molecule has 112 valence electrons. The van der Waals surface area contributed by atoms with Crippen LogP contribution in [-0.2, 0) is 0 Å². The second kappa shape index (κ2) is 5.57. The average Bonchev–Trinajstić information content (AvgIpc) is 2.46. The Labute approximate surface area is 124 Å². The van der Waals surface area contributed by atoms with Gasteiger partial charge in [0.15, 0.2) is 11.6 Å². The molecule has 0 saturated carbocycles. The first-order valence-electron chi connectivity index (χ1n) is 6.96. The van der Waals surface area contributed by atoms with Crippen molar-refractivity contribution in [1.82, 2.24) is 0 Å². The standard InChI is InChI=1S/C18H20F2O/c1-9-10(2)12(4)16(13(5)11(9)3)18(21)14-7-6-8-15(19)17(14)20/h6-8,18,21H,1-5H3. The fraction of sp³-hybridized carbons (Fsp3) is 0.333. The first-order chi connectivity index (χ1) is 9.77. The first-order valence-corrected chi connectivity index (χ1v) is 6.96. The van der Waals surface area contributed by atoms with Gasteiger partial charge in [-0.2, -0.15) is 0 Å². The van der Waals surface area contributed by atoms with Crippen molar-refractivity contribution in [3.8, 4) is 0 Å². The third-order valence-electron chi connectivity index (χ3n) is 4.61. The highest BCUT2D eigenvalue weighted by Crippen LogP contribution is 2.34. The zero-order chi connectivity index (χ0) is 15.9. The molecule has 0 aliphatic carbocycles. The first kappa shape index (κ1) is 15.6. The molecular formula is C18H20F2O. The van der Waals surface area contributed by atoms with Gasteiger partial charge in [-0.3, -0.25) is 0 Å². The molecule has 0 aliphatic heterocycles. The predicted molar refractivity (Wildman–Crippen MR) is 80.5 cm³/mol. The molecule has 0 bridgehead atoms. The van der Waals surface area contributed by atoms with Crippen molar-refractivity contribution in [2.45, 2.75) is 40.7 Å². The Bertz CT molecular complexity index is 676. The predicted octanol–water partition coefficient (Wildman–Crippen LogP) is 4.59. The molecule has 21 heavy (non-hydrogen) atoms. The summed E-state index contributed by atoms with van der Waals surface area (Å²) < 4.78 is 27.3. The lowest BCUT2D eigenvalue weighted by molar-refractivity contribution is 0.211. The van der Waals surface area contributed by atoms with E-state index in [2.05, 4.69) is 0 Å². The summed E-state index contributed by atoms with van der Waals surface area (Å²) in [6, 6.07) is 3.89. The minimum atomic E-state index is -1.17. The molecule has 0 saturated heterocycles. The normalized spacial score (nSPS) is 12.6. The largest absolute Gasteiger partial charge is 0.384 e. The Balaban J connectivity index is 2.70. The van der Waals surface area contributed by atoms with Crippen molar-refractivity contribution >= 4 is 0 Å². The number of hydrogen-bond donors (Lipinski definition) is 1. The number of aliphatic hydroxyl groups excluding tert-OH is 1. The maximum Gasteiger partial charge on any atom is 0.164 e. The van der Waals surface area contributed by atoms with Gasteiger partial charge in [0.25, 0.3) is 0 Å². The van der Waals surface area contributed by atoms with E-state index in [0.29, 0.717) is 5.56 Å². The number of benzene rings is 2. The molecule has 0 heterocycles. The van der Waals surface area contributed by atoms with E-state index in [-0.39, 0.29) is 5.56 Å². The molecule has 1 atom stereocenters. The quantitative estimate of drug-likeness (QED) is 0.857. The van der Waals surface area contributed by atoms with Gasteiger partial charge in [0.1, 0.15) is 6.10 Å². The Morgan fingerprint density at radius 3 is 1.81 bits per heavy atom. The summed E-state index contributed by atoms with van der Waals surface area (Å²) in [6.45, 7) is 9.81. The van der Waals surface area contributed by atoms with Gasteiger partial charge in [0, 0.05) is 5.56 Å². The summed E-state index contributed by atoms with van der Waals surface area (Å²) >= 11 is 0. The molecule has 2 aromatic carbocycles. The molecule has 0 spiro atoms. The molecule has 0 radical (unpaired) electrons. The van der Waals surface area contributed by atoms with E-state index in [0.717, 1.165) is 28.3 Å². The minimum absolute atomic E-state index is 0.0242. The van der Waals surface area contributed by atoms with Gasteiger partial charge in [-0.15, -0.1) is 0 Å². The second-order valence-electron chi connectivity index (χ2n) is 5.58. The van der Waals surface area contributed by atoms with E-state index in [9.17, 15) is 13.9 Å². The van der Waals surface area contributed by atoms with Crippen LogP contribution in [0.15, 0.2) is 18.2 Å². The van der Waals surface area contributed by atoms with Crippen LogP contribution in [0.2, 0.25) is 0 Å². The Hall–Kier alpha value is -1.74. The van der Waals surface area contributed by atoms with Gasteiger partial charge < -0.3 is 5.11 Å². The van der Waals surface area contributed by atoms with Crippen LogP contribution in [-0.4, -0.2) is 5.11 Å². The SMILES string of the molecule is Cc1c(C)c(C)c(C(O)c2cccc(F)c2F)c(C)c1C. The van der Waals surface area contributed by atoms with E-state index in [1.807, 2.05) is 34.6 Å². The summed E-state index contributed by atoms with van der Waals surface area (Å²) in [7, 11) is 0. The monoisotopic (exact) mass is 290 g/mol. The molecule has 1 N–H and O–H groups in total. The van der Waals surface area contributed by atoms with Crippen molar-refractivity contribution in [2.24, 2.45) is 0 Å². The fourth-order valence-corrected chi connectivity index (χ4v) is 2.83. The van der Waals surface area contributed by atoms with Gasteiger partial charge >= 0.3 is 0 Å². The van der Waals surface area contributed by atoms with Gasteiger partial charge in [-0.1, -0.05) is 12.1 Å². The topological polar surface area (TPSA) is 20.2 Å². The van der Waals surface area contributed by atoms with Crippen molar-refractivity contribution in [3.63, 3.8) is 0 Å². The van der Waals surface area contributed by atoms with Crippen LogP contribution in [0.1, 0.15) is 45.0 Å². The molecular weight excluding hydrogens is 270 g/mol. The van der Waals surface area contributed by atoms with Crippen LogP contribution in [0, 0.1) is 46.3 Å². The molecule has 1 unspecified atom stereocenters.